The van der Waals surface area contributed by atoms with Gasteiger partial charge in [-0.1, -0.05) is 11.3 Å². The second-order valence-corrected chi connectivity index (χ2v) is 7.82. The molecule has 3 rings (SSSR count). The summed E-state index contributed by atoms with van der Waals surface area (Å²) in [5.74, 6) is 0.0647. The molecule has 3 heterocycles. The zero-order chi connectivity index (χ0) is 19.1. The van der Waals surface area contributed by atoms with Gasteiger partial charge in [0, 0.05) is 39.6 Å². The van der Waals surface area contributed by atoms with E-state index in [0.29, 0.717) is 29.8 Å². The van der Waals surface area contributed by atoms with E-state index >= 15 is 0 Å². The van der Waals surface area contributed by atoms with Crippen LogP contribution < -0.4 is 15.1 Å². The minimum atomic E-state index is -0.0368. The zero-order valence-electron chi connectivity index (χ0n) is 15.9. The molecule has 9 nitrogen and oxygen atoms in total. The van der Waals surface area contributed by atoms with Gasteiger partial charge in [-0.05, 0) is 25.8 Å². The van der Waals surface area contributed by atoms with Crippen LogP contribution in [0, 0.1) is 0 Å². The van der Waals surface area contributed by atoms with E-state index in [1.54, 1.807) is 9.80 Å². The topological polar surface area (TPSA) is 90.9 Å². The van der Waals surface area contributed by atoms with Gasteiger partial charge in [0.2, 0.25) is 22.1 Å². The number of ether oxygens (including phenoxy) is 1. The molecule has 1 aromatic heterocycles. The van der Waals surface area contributed by atoms with Crippen LogP contribution in [0.4, 0.5) is 10.3 Å². The molecular formula is C17H28N6O3S. The van der Waals surface area contributed by atoms with Crippen LogP contribution in [0.3, 0.4) is 0 Å². The summed E-state index contributed by atoms with van der Waals surface area (Å²) >= 11 is 1.35. The minimum absolute atomic E-state index is 0.0368. The van der Waals surface area contributed by atoms with Gasteiger partial charge in [-0.3, -0.25) is 19.4 Å². The Hall–Kier alpha value is -1.78. The minimum Gasteiger partial charge on any atom is -0.379 e. The van der Waals surface area contributed by atoms with Crippen molar-refractivity contribution in [2.75, 3.05) is 69.3 Å². The van der Waals surface area contributed by atoms with Crippen molar-refractivity contribution in [1.29, 1.82) is 0 Å². The van der Waals surface area contributed by atoms with Gasteiger partial charge in [0.15, 0.2) is 0 Å². The lowest BCUT2D eigenvalue weighted by atomic mass is 10.1. The summed E-state index contributed by atoms with van der Waals surface area (Å²) in [5, 5.41) is 12.5. The smallest absolute Gasteiger partial charge is 0.239 e. The van der Waals surface area contributed by atoms with Crippen LogP contribution in [0.25, 0.3) is 0 Å². The number of piperidine rings is 1. The number of carbonyl (C=O) groups is 2. The van der Waals surface area contributed by atoms with Crippen LogP contribution in [0.1, 0.15) is 25.7 Å². The Balaban J connectivity index is 1.38. The molecule has 2 aliphatic heterocycles. The average Bonchev–Trinajstić information content (AvgIpc) is 3.16. The Bertz CT molecular complexity index is 634. The lowest BCUT2D eigenvalue weighted by molar-refractivity contribution is -0.120. The van der Waals surface area contributed by atoms with Crippen molar-refractivity contribution in [3.63, 3.8) is 0 Å². The van der Waals surface area contributed by atoms with Gasteiger partial charge in [0.05, 0.1) is 19.8 Å². The van der Waals surface area contributed by atoms with Crippen molar-refractivity contribution < 1.29 is 14.3 Å². The number of anilines is 2. The molecule has 0 radical (unpaired) electrons. The van der Waals surface area contributed by atoms with Crippen molar-refractivity contribution in [2.24, 2.45) is 0 Å². The number of rotatable bonds is 8. The molecule has 0 unspecified atom stereocenters. The summed E-state index contributed by atoms with van der Waals surface area (Å²) < 4.78 is 5.33. The Kier molecular flexibility index (Phi) is 7.36. The maximum Gasteiger partial charge on any atom is 0.239 e. The molecule has 150 valence electrons. The lowest BCUT2D eigenvalue weighted by Gasteiger charge is -2.26. The number of carbonyl (C=O) groups excluding carboxylic acids is 2. The first-order valence-electron chi connectivity index (χ1n) is 9.55. The quantitative estimate of drug-likeness (QED) is 0.633. The van der Waals surface area contributed by atoms with Crippen LogP contribution in [0.2, 0.25) is 0 Å². The van der Waals surface area contributed by atoms with Gasteiger partial charge in [-0.25, -0.2) is 0 Å². The fraction of sp³-hybridized carbons (Fsp3) is 0.765. The van der Waals surface area contributed by atoms with Crippen molar-refractivity contribution in [2.45, 2.75) is 25.7 Å². The summed E-state index contributed by atoms with van der Waals surface area (Å²) in [7, 11) is 1.82. The molecule has 10 heteroatoms. The van der Waals surface area contributed by atoms with Gasteiger partial charge in [-0.15, -0.1) is 10.2 Å². The standard InChI is InChI=1S/C17H28N6O3S/c1-21(13-14(24)18-6-4-7-22-9-11-26-12-10-22)16-19-20-17(27-16)23-8-3-2-5-15(23)25/h2-13H2,1H3,(H,18,24). The maximum atomic E-state index is 12.1. The number of aromatic nitrogens is 2. The number of morpholine rings is 1. The molecule has 2 saturated heterocycles. The SMILES string of the molecule is CN(CC(=O)NCCCN1CCOCC1)c1nnc(N2CCCCC2=O)s1. The Labute approximate surface area is 163 Å². The molecule has 2 fully saturated rings. The van der Waals surface area contributed by atoms with Crippen LogP contribution in [0.5, 0.6) is 0 Å². The van der Waals surface area contributed by atoms with E-state index in [1.807, 2.05) is 7.05 Å². The molecular weight excluding hydrogens is 368 g/mol. The summed E-state index contributed by atoms with van der Waals surface area (Å²) in [4.78, 5) is 30.0. The summed E-state index contributed by atoms with van der Waals surface area (Å²) in [6.07, 6.45) is 3.42. The van der Waals surface area contributed by atoms with Crippen LogP contribution >= 0.6 is 11.3 Å². The highest BCUT2D eigenvalue weighted by Gasteiger charge is 2.24. The van der Waals surface area contributed by atoms with Gasteiger partial charge < -0.3 is 15.0 Å². The molecule has 2 amide bonds. The number of nitrogens with one attached hydrogen (secondary N) is 1. The van der Waals surface area contributed by atoms with E-state index in [2.05, 4.69) is 20.4 Å². The molecule has 0 saturated carbocycles. The number of amides is 2. The highest BCUT2D eigenvalue weighted by molar-refractivity contribution is 7.19. The first-order chi connectivity index (χ1) is 13.1. The van der Waals surface area contributed by atoms with Crippen LogP contribution in [0.15, 0.2) is 0 Å². The van der Waals surface area contributed by atoms with Crippen LogP contribution in [-0.2, 0) is 14.3 Å². The molecule has 1 aromatic rings. The largest absolute Gasteiger partial charge is 0.379 e. The third-order valence-corrected chi connectivity index (χ3v) is 5.80. The van der Waals surface area contributed by atoms with E-state index < -0.39 is 0 Å². The van der Waals surface area contributed by atoms with Gasteiger partial charge in [-0.2, -0.15) is 0 Å². The van der Waals surface area contributed by atoms with Crippen molar-refractivity contribution in [1.82, 2.24) is 20.4 Å². The molecule has 2 aliphatic rings. The maximum absolute atomic E-state index is 12.1. The van der Waals surface area contributed by atoms with Gasteiger partial charge in [0.25, 0.3) is 0 Å². The molecule has 0 aromatic carbocycles. The fourth-order valence-electron chi connectivity index (χ4n) is 3.17. The lowest BCUT2D eigenvalue weighted by Crippen LogP contribution is -2.39. The molecule has 27 heavy (non-hydrogen) atoms. The van der Waals surface area contributed by atoms with Gasteiger partial charge >= 0.3 is 0 Å². The van der Waals surface area contributed by atoms with E-state index in [9.17, 15) is 9.59 Å². The van der Waals surface area contributed by atoms with E-state index in [1.165, 1.54) is 11.3 Å². The highest BCUT2D eigenvalue weighted by atomic mass is 32.1. The summed E-state index contributed by atoms with van der Waals surface area (Å²) in [5.41, 5.74) is 0. The first-order valence-corrected chi connectivity index (χ1v) is 10.4. The number of hydrogen-bond acceptors (Lipinski definition) is 8. The third-order valence-electron chi connectivity index (χ3n) is 4.74. The summed E-state index contributed by atoms with van der Waals surface area (Å²) in [6, 6.07) is 0. The second kappa shape index (κ2) is 9.95. The molecule has 1 N–H and O–H groups in total. The van der Waals surface area contributed by atoms with E-state index in [4.69, 9.17) is 4.74 Å². The Morgan fingerprint density at radius 2 is 2.07 bits per heavy atom. The first kappa shape index (κ1) is 20.0. The normalized spacial score (nSPS) is 18.6. The van der Waals surface area contributed by atoms with Crippen molar-refractivity contribution in [3.05, 3.63) is 0 Å². The third kappa shape index (κ3) is 5.85. The van der Waals surface area contributed by atoms with E-state index in [-0.39, 0.29) is 18.4 Å². The van der Waals surface area contributed by atoms with E-state index in [0.717, 1.165) is 52.1 Å². The van der Waals surface area contributed by atoms with Crippen molar-refractivity contribution in [3.8, 4) is 0 Å². The predicted molar refractivity (Wildman–Crippen MR) is 104 cm³/mol. The fourth-order valence-corrected chi connectivity index (χ4v) is 4.02. The number of hydrogen-bond donors (Lipinski definition) is 1. The number of nitrogens with zero attached hydrogens (tertiary/aromatic N) is 5. The highest BCUT2D eigenvalue weighted by Crippen LogP contribution is 2.28. The van der Waals surface area contributed by atoms with Gasteiger partial charge in [0.1, 0.15) is 0 Å². The predicted octanol–water partition coefficient (Wildman–Crippen LogP) is 0.330. The zero-order valence-corrected chi connectivity index (χ0v) is 16.7. The average molecular weight is 397 g/mol. The second-order valence-electron chi connectivity index (χ2n) is 6.88. The molecule has 0 aliphatic carbocycles. The monoisotopic (exact) mass is 396 g/mol. The van der Waals surface area contributed by atoms with Crippen LogP contribution in [-0.4, -0.2) is 86.4 Å². The van der Waals surface area contributed by atoms with Crippen molar-refractivity contribution >= 4 is 33.4 Å². The Morgan fingerprint density at radius 3 is 2.85 bits per heavy atom. The Morgan fingerprint density at radius 1 is 1.26 bits per heavy atom. The molecule has 0 spiro atoms. The number of likely N-dealkylation sites (N-methyl/N-ethyl adjacent to an activating group) is 1. The summed E-state index contributed by atoms with van der Waals surface area (Å²) in [6.45, 7) is 6.08. The molecule has 0 atom stereocenters. The molecule has 0 bridgehead atoms.